The van der Waals surface area contributed by atoms with E-state index < -0.39 is 0 Å². The number of morpholine rings is 1. The van der Waals surface area contributed by atoms with Gasteiger partial charge in [-0.3, -0.25) is 0 Å². The molecule has 1 unspecified atom stereocenters. The van der Waals surface area contributed by atoms with Crippen LogP contribution in [0, 0.1) is 6.92 Å². The quantitative estimate of drug-likeness (QED) is 0.890. The van der Waals surface area contributed by atoms with E-state index in [0.717, 1.165) is 24.5 Å². The van der Waals surface area contributed by atoms with Gasteiger partial charge in [0.05, 0.1) is 24.8 Å². The van der Waals surface area contributed by atoms with Crippen LogP contribution in [0.1, 0.15) is 5.56 Å². The SMILES string of the molecule is Cc1cc2ccccc2nc1N1CCOCC1CN. The molecule has 0 saturated carbocycles. The third kappa shape index (κ3) is 2.29. The van der Waals surface area contributed by atoms with Crippen LogP contribution in [-0.4, -0.2) is 37.3 Å². The second-order valence-electron chi connectivity index (χ2n) is 4.98. The topological polar surface area (TPSA) is 51.4 Å². The number of fused-ring (bicyclic) bond motifs is 1. The van der Waals surface area contributed by atoms with Crippen LogP contribution in [0.4, 0.5) is 5.82 Å². The molecule has 19 heavy (non-hydrogen) atoms. The third-order valence-corrected chi connectivity index (χ3v) is 3.66. The van der Waals surface area contributed by atoms with Crippen molar-refractivity contribution in [2.24, 2.45) is 5.73 Å². The minimum Gasteiger partial charge on any atom is -0.377 e. The molecule has 1 atom stereocenters. The van der Waals surface area contributed by atoms with Crippen molar-refractivity contribution in [2.45, 2.75) is 13.0 Å². The summed E-state index contributed by atoms with van der Waals surface area (Å²) in [7, 11) is 0. The summed E-state index contributed by atoms with van der Waals surface area (Å²) >= 11 is 0. The fraction of sp³-hybridized carbons (Fsp3) is 0.400. The third-order valence-electron chi connectivity index (χ3n) is 3.66. The lowest BCUT2D eigenvalue weighted by Crippen LogP contribution is -2.50. The van der Waals surface area contributed by atoms with E-state index in [1.54, 1.807) is 0 Å². The van der Waals surface area contributed by atoms with Gasteiger partial charge in [0.1, 0.15) is 5.82 Å². The van der Waals surface area contributed by atoms with Gasteiger partial charge in [0.25, 0.3) is 0 Å². The van der Waals surface area contributed by atoms with Crippen molar-refractivity contribution in [1.29, 1.82) is 0 Å². The number of anilines is 1. The molecule has 0 amide bonds. The number of aromatic nitrogens is 1. The van der Waals surface area contributed by atoms with Gasteiger partial charge in [-0.2, -0.15) is 0 Å². The number of aryl methyl sites for hydroxylation is 1. The van der Waals surface area contributed by atoms with Gasteiger partial charge in [0, 0.05) is 18.5 Å². The van der Waals surface area contributed by atoms with E-state index >= 15 is 0 Å². The Bertz CT molecular complexity index is 585. The van der Waals surface area contributed by atoms with Crippen molar-refractivity contribution < 1.29 is 4.74 Å². The summed E-state index contributed by atoms with van der Waals surface area (Å²) in [6, 6.07) is 10.6. The largest absolute Gasteiger partial charge is 0.377 e. The highest BCUT2D eigenvalue weighted by molar-refractivity contribution is 5.81. The average molecular weight is 257 g/mol. The number of ether oxygens (including phenoxy) is 1. The summed E-state index contributed by atoms with van der Waals surface area (Å²) in [6.45, 7) is 4.98. The maximum absolute atomic E-state index is 5.84. The number of rotatable bonds is 2. The first kappa shape index (κ1) is 12.4. The van der Waals surface area contributed by atoms with Crippen molar-refractivity contribution in [3.8, 4) is 0 Å². The lowest BCUT2D eigenvalue weighted by molar-refractivity contribution is 0.0958. The molecule has 4 heteroatoms. The molecule has 2 heterocycles. The Hall–Kier alpha value is -1.65. The fourth-order valence-electron chi connectivity index (χ4n) is 2.63. The van der Waals surface area contributed by atoms with E-state index in [1.807, 2.05) is 12.1 Å². The molecule has 0 radical (unpaired) electrons. The van der Waals surface area contributed by atoms with Crippen LogP contribution in [0.2, 0.25) is 0 Å². The Kier molecular flexibility index (Phi) is 3.36. The maximum Gasteiger partial charge on any atom is 0.132 e. The Morgan fingerprint density at radius 1 is 1.42 bits per heavy atom. The highest BCUT2D eigenvalue weighted by Gasteiger charge is 2.24. The maximum atomic E-state index is 5.84. The highest BCUT2D eigenvalue weighted by atomic mass is 16.5. The number of para-hydroxylation sites is 1. The Balaban J connectivity index is 2.05. The minimum atomic E-state index is 0.223. The fourth-order valence-corrected chi connectivity index (χ4v) is 2.63. The summed E-state index contributed by atoms with van der Waals surface area (Å²) in [5.41, 5.74) is 8.07. The van der Waals surface area contributed by atoms with Crippen LogP contribution >= 0.6 is 0 Å². The van der Waals surface area contributed by atoms with Gasteiger partial charge >= 0.3 is 0 Å². The Morgan fingerprint density at radius 3 is 3.11 bits per heavy atom. The molecule has 1 fully saturated rings. The molecule has 100 valence electrons. The van der Waals surface area contributed by atoms with Crippen LogP contribution < -0.4 is 10.6 Å². The van der Waals surface area contributed by atoms with Gasteiger partial charge in [0.2, 0.25) is 0 Å². The zero-order valence-electron chi connectivity index (χ0n) is 11.2. The van der Waals surface area contributed by atoms with Crippen molar-refractivity contribution in [3.05, 3.63) is 35.9 Å². The molecule has 0 aliphatic carbocycles. The van der Waals surface area contributed by atoms with E-state index in [4.69, 9.17) is 15.5 Å². The van der Waals surface area contributed by atoms with Crippen molar-refractivity contribution in [2.75, 3.05) is 31.2 Å². The van der Waals surface area contributed by atoms with E-state index in [-0.39, 0.29) is 6.04 Å². The van der Waals surface area contributed by atoms with Crippen LogP contribution in [0.15, 0.2) is 30.3 Å². The monoisotopic (exact) mass is 257 g/mol. The van der Waals surface area contributed by atoms with Crippen LogP contribution in [-0.2, 0) is 4.74 Å². The first-order valence-corrected chi connectivity index (χ1v) is 6.70. The number of nitrogens with two attached hydrogens (primary N) is 1. The average Bonchev–Trinajstić information content (AvgIpc) is 2.46. The van der Waals surface area contributed by atoms with E-state index in [2.05, 4.69) is 30.0 Å². The normalized spacial score (nSPS) is 19.9. The number of hydrogen-bond donors (Lipinski definition) is 1. The number of pyridine rings is 1. The molecule has 1 saturated heterocycles. The lowest BCUT2D eigenvalue weighted by Gasteiger charge is -2.36. The molecule has 4 nitrogen and oxygen atoms in total. The van der Waals surface area contributed by atoms with Gasteiger partial charge in [-0.05, 0) is 24.6 Å². The van der Waals surface area contributed by atoms with Crippen LogP contribution in [0.3, 0.4) is 0 Å². The zero-order chi connectivity index (χ0) is 13.2. The predicted molar refractivity (Wildman–Crippen MR) is 77.5 cm³/mol. The molecular weight excluding hydrogens is 238 g/mol. The molecule has 1 aliphatic rings. The molecule has 2 aromatic rings. The zero-order valence-corrected chi connectivity index (χ0v) is 11.2. The summed E-state index contributed by atoms with van der Waals surface area (Å²) in [6.07, 6.45) is 0. The first-order valence-electron chi connectivity index (χ1n) is 6.70. The van der Waals surface area contributed by atoms with Gasteiger partial charge in [-0.1, -0.05) is 18.2 Å². The van der Waals surface area contributed by atoms with Gasteiger partial charge < -0.3 is 15.4 Å². The molecule has 1 aromatic carbocycles. The van der Waals surface area contributed by atoms with Crippen LogP contribution in [0.5, 0.6) is 0 Å². The number of nitrogens with zero attached hydrogens (tertiary/aromatic N) is 2. The lowest BCUT2D eigenvalue weighted by atomic mass is 10.1. The van der Waals surface area contributed by atoms with Crippen molar-refractivity contribution in [3.63, 3.8) is 0 Å². The van der Waals surface area contributed by atoms with Gasteiger partial charge in [0.15, 0.2) is 0 Å². The van der Waals surface area contributed by atoms with Gasteiger partial charge in [-0.15, -0.1) is 0 Å². The van der Waals surface area contributed by atoms with Crippen molar-refractivity contribution in [1.82, 2.24) is 4.98 Å². The minimum absolute atomic E-state index is 0.223. The number of hydrogen-bond acceptors (Lipinski definition) is 4. The molecule has 0 spiro atoms. The first-order chi connectivity index (χ1) is 9.29. The predicted octanol–water partition coefficient (Wildman–Crippen LogP) is 1.71. The van der Waals surface area contributed by atoms with Gasteiger partial charge in [-0.25, -0.2) is 4.98 Å². The molecule has 1 aliphatic heterocycles. The Labute approximate surface area is 113 Å². The van der Waals surface area contributed by atoms with E-state index in [1.165, 1.54) is 10.9 Å². The number of benzene rings is 1. The van der Waals surface area contributed by atoms with Crippen LogP contribution in [0.25, 0.3) is 10.9 Å². The molecular formula is C15H19N3O. The van der Waals surface area contributed by atoms with Crippen molar-refractivity contribution >= 4 is 16.7 Å². The molecule has 2 N–H and O–H groups in total. The Morgan fingerprint density at radius 2 is 2.26 bits per heavy atom. The molecule has 3 rings (SSSR count). The molecule has 0 bridgehead atoms. The smallest absolute Gasteiger partial charge is 0.132 e. The summed E-state index contributed by atoms with van der Waals surface area (Å²) in [5, 5.41) is 1.18. The second kappa shape index (κ2) is 5.15. The molecule has 1 aromatic heterocycles. The summed E-state index contributed by atoms with van der Waals surface area (Å²) in [4.78, 5) is 7.09. The standard InChI is InChI=1S/C15H19N3O/c1-11-8-12-4-2-3-5-14(12)17-15(11)18-6-7-19-10-13(18)9-16/h2-5,8,13H,6-7,9-10,16H2,1H3. The van der Waals surface area contributed by atoms with E-state index in [0.29, 0.717) is 13.2 Å². The summed E-state index contributed by atoms with van der Waals surface area (Å²) in [5.74, 6) is 1.04. The second-order valence-corrected chi connectivity index (χ2v) is 4.98. The summed E-state index contributed by atoms with van der Waals surface area (Å²) < 4.78 is 5.50. The van der Waals surface area contributed by atoms with E-state index in [9.17, 15) is 0 Å². The highest BCUT2D eigenvalue weighted by Crippen LogP contribution is 2.25.